The fourth-order valence-electron chi connectivity index (χ4n) is 2.84. The Bertz CT molecular complexity index is 949. The Balaban J connectivity index is 1.85. The number of alkyl halides is 3. The molecule has 1 aromatic heterocycles. The predicted octanol–water partition coefficient (Wildman–Crippen LogP) is 6.49. The fraction of sp³-hybridized carbons (Fsp3) is 0.273. The van der Waals surface area contributed by atoms with Crippen molar-refractivity contribution in [2.75, 3.05) is 10.6 Å². The zero-order chi connectivity index (χ0) is 21.0. The van der Waals surface area contributed by atoms with E-state index in [1.165, 1.54) is 5.56 Å². The fourth-order valence-corrected chi connectivity index (χ4v) is 2.84. The van der Waals surface area contributed by atoms with Crippen LogP contribution >= 0.6 is 0 Å². The summed E-state index contributed by atoms with van der Waals surface area (Å²) < 4.78 is 40.1. The molecule has 4 nitrogen and oxygen atoms in total. The molecule has 0 unspecified atom stereocenters. The number of rotatable bonds is 6. The molecule has 29 heavy (non-hydrogen) atoms. The lowest BCUT2D eigenvalue weighted by molar-refractivity contribution is -0.137. The van der Waals surface area contributed by atoms with Crippen LogP contribution in [0.1, 0.15) is 30.5 Å². The van der Waals surface area contributed by atoms with Crippen LogP contribution in [0.5, 0.6) is 0 Å². The number of hydrogen-bond donors (Lipinski definition) is 2. The van der Waals surface area contributed by atoms with E-state index in [0.717, 1.165) is 18.2 Å². The van der Waals surface area contributed by atoms with E-state index in [4.69, 9.17) is 0 Å². The molecule has 2 aromatic carbocycles. The molecule has 0 bridgehead atoms. The first-order chi connectivity index (χ1) is 13.7. The monoisotopic (exact) mass is 400 g/mol. The van der Waals surface area contributed by atoms with E-state index >= 15 is 0 Å². The normalized spacial score (nSPS) is 11.6. The van der Waals surface area contributed by atoms with Crippen LogP contribution in [0.3, 0.4) is 0 Å². The SMILES string of the molecule is Cc1ccc(Nc2nc(Nc3ccc(CC(C)C)cc3)ncc2C(F)(F)F)cc1. The van der Waals surface area contributed by atoms with Crippen molar-refractivity contribution in [1.82, 2.24) is 9.97 Å². The van der Waals surface area contributed by atoms with E-state index in [2.05, 4.69) is 34.4 Å². The number of halogens is 3. The van der Waals surface area contributed by atoms with Crippen molar-refractivity contribution in [3.05, 3.63) is 71.4 Å². The average molecular weight is 400 g/mol. The van der Waals surface area contributed by atoms with Gasteiger partial charge < -0.3 is 10.6 Å². The van der Waals surface area contributed by atoms with Gasteiger partial charge in [0.25, 0.3) is 0 Å². The van der Waals surface area contributed by atoms with Gasteiger partial charge in [0.2, 0.25) is 5.95 Å². The number of nitrogens with one attached hydrogen (secondary N) is 2. The van der Waals surface area contributed by atoms with Gasteiger partial charge >= 0.3 is 6.18 Å². The molecular formula is C22H23F3N4. The molecule has 0 aliphatic heterocycles. The summed E-state index contributed by atoms with van der Waals surface area (Å²) >= 11 is 0. The van der Waals surface area contributed by atoms with Crippen molar-refractivity contribution in [3.8, 4) is 0 Å². The largest absolute Gasteiger partial charge is 0.421 e. The van der Waals surface area contributed by atoms with E-state index in [1.807, 2.05) is 43.3 Å². The van der Waals surface area contributed by atoms with E-state index < -0.39 is 11.7 Å². The number of aryl methyl sites for hydroxylation is 1. The molecule has 0 radical (unpaired) electrons. The van der Waals surface area contributed by atoms with E-state index in [-0.39, 0.29) is 11.8 Å². The van der Waals surface area contributed by atoms with Gasteiger partial charge in [-0.25, -0.2) is 4.98 Å². The quantitative estimate of drug-likeness (QED) is 0.497. The van der Waals surface area contributed by atoms with Crippen LogP contribution in [0, 0.1) is 12.8 Å². The summed E-state index contributed by atoms with van der Waals surface area (Å²) in [7, 11) is 0. The lowest BCUT2D eigenvalue weighted by atomic mass is 10.0. The van der Waals surface area contributed by atoms with Gasteiger partial charge in [-0.2, -0.15) is 18.2 Å². The van der Waals surface area contributed by atoms with E-state index in [0.29, 0.717) is 17.3 Å². The van der Waals surface area contributed by atoms with Gasteiger partial charge in [-0.3, -0.25) is 0 Å². The highest BCUT2D eigenvalue weighted by Gasteiger charge is 2.35. The Morgan fingerprint density at radius 1 is 0.897 bits per heavy atom. The second-order valence-corrected chi connectivity index (χ2v) is 7.36. The van der Waals surface area contributed by atoms with Crippen LogP contribution in [0.2, 0.25) is 0 Å². The molecule has 3 aromatic rings. The smallest absolute Gasteiger partial charge is 0.340 e. The highest BCUT2D eigenvalue weighted by molar-refractivity contribution is 5.63. The molecule has 0 fully saturated rings. The molecule has 0 aliphatic rings. The molecule has 0 spiro atoms. The van der Waals surface area contributed by atoms with Gasteiger partial charge in [-0.1, -0.05) is 43.7 Å². The summed E-state index contributed by atoms with van der Waals surface area (Å²) in [5.41, 5.74) is 2.51. The number of benzene rings is 2. The molecule has 0 saturated carbocycles. The third-order valence-electron chi connectivity index (χ3n) is 4.26. The summed E-state index contributed by atoms with van der Waals surface area (Å²) in [6, 6.07) is 14.7. The van der Waals surface area contributed by atoms with Gasteiger partial charge in [-0.15, -0.1) is 0 Å². The highest BCUT2D eigenvalue weighted by Crippen LogP contribution is 2.35. The standard InChI is InChI=1S/C22H23F3N4/c1-14(2)12-16-6-10-18(11-7-16)28-21-26-13-19(22(23,24)25)20(29-21)27-17-8-4-15(3)5-9-17/h4-11,13-14H,12H2,1-3H3,(H2,26,27,28,29). The van der Waals surface area contributed by atoms with Crippen LogP contribution in [0.25, 0.3) is 0 Å². The highest BCUT2D eigenvalue weighted by atomic mass is 19.4. The Morgan fingerprint density at radius 3 is 2.07 bits per heavy atom. The lowest BCUT2D eigenvalue weighted by Crippen LogP contribution is -2.12. The third-order valence-corrected chi connectivity index (χ3v) is 4.26. The number of hydrogen-bond acceptors (Lipinski definition) is 4. The average Bonchev–Trinajstić information content (AvgIpc) is 2.64. The van der Waals surface area contributed by atoms with Crippen LogP contribution < -0.4 is 10.6 Å². The second kappa shape index (κ2) is 8.51. The maximum absolute atomic E-state index is 13.4. The molecule has 1 heterocycles. The maximum atomic E-state index is 13.4. The number of nitrogens with zero attached hydrogens (tertiary/aromatic N) is 2. The molecule has 0 saturated heterocycles. The first-order valence-electron chi connectivity index (χ1n) is 9.34. The first kappa shape index (κ1) is 20.6. The molecule has 0 amide bonds. The minimum Gasteiger partial charge on any atom is -0.340 e. The van der Waals surface area contributed by atoms with Crippen molar-refractivity contribution in [2.45, 2.75) is 33.4 Å². The third kappa shape index (κ3) is 5.70. The molecule has 0 aliphatic carbocycles. The van der Waals surface area contributed by atoms with Crippen LogP contribution in [0.15, 0.2) is 54.7 Å². The van der Waals surface area contributed by atoms with E-state index in [9.17, 15) is 13.2 Å². The first-order valence-corrected chi connectivity index (χ1v) is 9.34. The summed E-state index contributed by atoms with van der Waals surface area (Å²) in [5.74, 6) is 0.335. The molecule has 3 rings (SSSR count). The van der Waals surface area contributed by atoms with Gasteiger partial charge in [0.1, 0.15) is 11.4 Å². The second-order valence-electron chi connectivity index (χ2n) is 7.36. The molecule has 0 atom stereocenters. The number of anilines is 4. The predicted molar refractivity (Wildman–Crippen MR) is 110 cm³/mol. The zero-order valence-corrected chi connectivity index (χ0v) is 16.5. The van der Waals surface area contributed by atoms with Crippen LogP contribution in [-0.4, -0.2) is 9.97 Å². The van der Waals surface area contributed by atoms with Gasteiger partial charge in [0.15, 0.2) is 0 Å². The molecule has 152 valence electrons. The molecule has 2 N–H and O–H groups in total. The summed E-state index contributed by atoms with van der Waals surface area (Å²) in [5, 5.41) is 5.72. The van der Waals surface area contributed by atoms with Gasteiger partial charge in [0.05, 0.1) is 0 Å². The van der Waals surface area contributed by atoms with Crippen LogP contribution in [0.4, 0.5) is 36.3 Å². The maximum Gasteiger partial charge on any atom is 0.421 e. The minimum atomic E-state index is -4.57. The Labute approximate surface area is 168 Å². The van der Waals surface area contributed by atoms with Crippen molar-refractivity contribution >= 4 is 23.1 Å². The summed E-state index contributed by atoms with van der Waals surface area (Å²) in [6.07, 6.45) is -2.81. The van der Waals surface area contributed by atoms with Crippen LogP contribution in [-0.2, 0) is 12.6 Å². The summed E-state index contributed by atoms with van der Waals surface area (Å²) in [4.78, 5) is 7.92. The Morgan fingerprint density at radius 2 is 1.48 bits per heavy atom. The minimum absolute atomic E-state index is 0.0872. The zero-order valence-electron chi connectivity index (χ0n) is 16.5. The van der Waals surface area contributed by atoms with Crippen molar-refractivity contribution in [1.29, 1.82) is 0 Å². The van der Waals surface area contributed by atoms with Gasteiger partial charge in [0, 0.05) is 17.6 Å². The lowest BCUT2D eigenvalue weighted by Gasteiger charge is -2.15. The van der Waals surface area contributed by atoms with Crippen molar-refractivity contribution in [3.63, 3.8) is 0 Å². The summed E-state index contributed by atoms with van der Waals surface area (Å²) in [6.45, 7) is 6.19. The van der Waals surface area contributed by atoms with Crippen molar-refractivity contribution in [2.24, 2.45) is 5.92 Å². The Hall–Kier alpha value is -3.09. The van der Waals surface area contributed by atoms with E-state index in [1.54, 1.807) is 12.1 Å². The van der Waals surface area contributed by atoms with Crippen molar-refractivity contribution < 1.29 is 13.2 Å². The van der Waals surface area contributed by atoms with Gasteiger partial charge in [-0.05, 0) is 49.1 Å². The molecule has 7 heteroatoms. The molecular weight excluding hydrogens is 377 g/mol. The number of aromatic nitrogens is 2. The topological polar surface area (TPSA) is 49.8 Å². The Kier molecular flexibility index (Phi) is 6.06.